The van der Waals surface area contributed by atoms with Crippen molar-refractivity contribution in [3.8, 4) is 0 Å². The largest absolute Gasteiger partial charge is 0.395 e. The average Bonchev–Trinajstić information content (AvgIpc) is 2.65. The Kier molecular flexibility index (Phi) is 4.55. The zero-order chi connectivity index (χ0) is 10.4. The first kappa shape index (κ1) is 11.1. The molecule has 0 fully saturated rings. The molecule has 0 unspecified atom stereocenters. The van der Waals surface area contributed by atoms with Gasteiger partial charge in [0.15, 0.2) is 0 Å². The van der Waals surface area contributed by atoms with Crippen molar-refractivity contribution in [2.75, 3.05) is 24.6 Å². The lowest BCUT2D eigenvalue weighted by Gasteiger charge is -2.17. The van der Waals surface area contributed by atoms with Gasteiger partial charge in [-0.25, -0.2) is 4.98 Å². The molecule has 0 aliphatic rings. The van der Waals surface area contributed by atoms with Crippen molar-refractivity contribution < 1.29 is 5.11 Å². The topological polar surface area (TPSA) is 49.2 Å². The van der Waals surface area contributed by atoms with E-state index in [1.807, 2.05) is 11.8 Å². The van der Waals surface area contributed by atoms with E-state index in [0.717, 1.165) is 17.4 Å². The summed E-state index contributed by atoms with van der Waals surface area (Å²) in [6.07, 6.45) is 2.64. The van der Waals surface area contributed by atoms with Gasteiger partial charge in [0.2, 0.25) is 5.13 Å². The van der Waals surface area contributed by atoms with Crippen LogP contribution in [0.3, 0.4) is 0 Å². The smallest absolute Gasteiger partial charge is 0.205 e. The highest BCUT2D eigenvalue weighted by Gasteiger charge is 2.09. The molecule has 1 rings (SSSR count). The SMILES string of the molecule is C=CCN(CCO)c1nc(CC)ns1. The van der Waals surface area contributed by atoms with Gasteiger partial charge >= 0.3 is 0 Å². The molecule has 0 radical (unpaired) electrons. The quantitative estimate of drug-likeness (QED) is 0.719. The summed E-state index contributed by atoms with van der Waals surface area (Å²) in [5.41, 5.74) is 0. The van der Waals surface area contributed by atoms with Crippen LogP contribution in [0.2, 0.25) is 0 Å². The number of aliphatic hydroxyl groups excluding tert-OH is 1. The van der Waals surface area contributed by atoms with Crippen LogP contribution >= 0.6 is 11.5 Å². The van der Waals surface area contributed by atoms with E-state index in [9.17, 15) is 0 Å². The predicted octanol–water partition coefficient (Wildman–Crippen LogP) is 1.09. The van der Waals surface area contributed by atoms with E-state index in [0.29, 0.717) is 13.1 Å². The third-order valence-corrected chi connectivity index (χ3v) is 2.58. The summed E-state index contributed by atoms with van der Waals surface area (Å²) in [7, 11) is 0. The predicted molar refractivity (Wildman–Crippen MR) is 58.8 cm³/mol. The van der Waals surface area contributed by atoms with Gasteiger partial charge in [0.1, 0.15) is 5.82 Å². The van der Waals surface area contributed by atoms with E-state index in [-0.39, 0.29) is 6.61 Å². The lowest BCUT2D eigenvalue weighted by molar-refractivity contribution is 0.303. The highest BCUT2D eigenvalue weighted by molar-refractivity contribution is 7.09. The van der Waals surface area contributed by atoms with Crippen LogP contribution in [0.25, 0.3) is 0 Å². The van der Waals surface area contributed by atoms with E-state index < -0.39 is 0 Å². The summed E-state index contributed by atoms with van der Waals surface area (Å²) < 4.78 is 4.19. The first-order chi connectivity index (χ1) is 6.81. The summed E-state index contributed by atoms with van der Waals surface area (Å²) in [6.45, 7) is 7.08. The van der Waals surface area contributed by atoms with Crippen LogP contribution in [0, 0.1) is 0 Å². The molecule has 1 aromatic heterocycles. The Morgan fingerprint density at radius 1 is 1.64 bits per heavy atom. The first-order valence-electron chi connectivity index (χ1n) is 4.61. The standard InChI is InChI=1S/C9H15N3OS/c1-3-5-12(6-7-13)9-10-8(4-2)11-14-9/h3,13H,1,4-7H2,2H3. The maximum atomic E-state index is 8.87. The lowest BCUT2D eigenvalue weighted by Crippen LogP contribution is -2.26. The van der Waals surface area contributed by atoms with Gasteiger partial charge in [-0.2, -0.15) is 4.37 Å². The summed E-state index contributed by atoms with van der Waals surface area (Å²) in [6, 6.07) is 0. The fraction of sp³-hybridized carbons (Fsp3) is 0.556. The van der Waals surface area contributed by atoms with Crippen LogP contribution in [-0.4, -0.2) is 34.2 Å². The van der Waals surface area contributed by atoms with E-state index in [2.05, 4.69) is 15.9 Å². The van der Waals surface area contributed by atoms with Gasteiger partial charge in [-0.3, -0.25) is 0 Å². The van der Waals surface area contributed by atoms with E-state index >= 15 is 0 Å². The number of aromatic nitrogens is 2. The Hall–Kier alpha value is -0.940. The Bertz CT molecular complexity index is 287. The molecular formula is C9H15N3OS. The zero-order valence-electron chi connectivity index (χ0n) is 8.31. The highest BCUT2D eigenvalue weighted by Crippen LogP contribution is 2.16. The van der Waals surface area contributed by atoms with Crippen molar-refractivity contribution in [1.29, 1.82) is 0 Å². The normalized spacial score (nSPS) is 10.1. The van der Waals surface area contributed by atoms with Crippen LogP contribution in [0.5, 0.6) is 0 Å². The molecule has 1 heterocycles. The first-order valence-corrected chi connectivity index (χ1v) is 5.38. The van der Waals surface area contributed by atoms with Crippen molar-refractivity contribution in [1.82, 2.24) is 9.36 Å². The fourth-order valence-electron chi connectivity index (χ4n) is 1.06. The van der Waals surface area contributed by atoms with Crippen molar-refractivity contribution >= 4 is 16.7 Å². The Morgan fingerprint density at radius 2 is 2.43 bits per heavy atom. The van der Waals surface area contributed by atoms with Crippen molar-refractivity contribution in [2.24, 2.45) is 0 Å². The molecule has 0 saturated heterocycles. The molecule has 1 N–H and O–H groups in total. The second kappa shape index (κ2) is 5.72. The van der Waals surface area contributed by atoms with E-state index in [1.54, 1.807) is 6.08 Å². The summed E-state index contributed by atoms with van der Waals surface area (Å²) in [4.78, 5) is 6.30. The molecule has 5 heteroatoms. The number of aryl methyl sites for hydroxylation is 1. The molecule has 0 amide bonds. The van der Waals surface area contributed by atoms with Crippen LogP contribution in [-0.2, 0) is 6.42 Å². The second-order valence-electron chi connectivity index (χ2n) is 2.81. The van der Waals surface area contributed by atoms with Crippen molar-refractivity contribution in [2.45, 2.75) is 13.3 Å². The molecule has 1 aromatic rings. The fourth-order valence-corrected chi connectivity index (χ4v) is 1.84. The average molecular weight is 213 g/mol. The van der Waals surface area contributed by atoms with Crippen molar-refractivity contribution in [3.05, 3.63) is 18.5 Å². The summed E-state index contributed by atoms with van der Waals surface area (Å²) in [5, 5.41) is 9.73. The van der Waals surface area contributed by atoms with Gasteiger partial charge < -0.3 is 10.0 Å². The van der Waals surface area contributed by atoms with Crippen molar-refractivity contribution in [3.63, 3.8) is 0 Å². The molecular weight excluding hydrogens is 198 g/mol. The molecule has 78 valence electrons. The molecule has 0 aliphatic carbocycles. The number of rotatable bonds is 6. The maximum absolute atomic E-state index is 8.87. The zero-order valence-corrected chi connectivity index (χ0v) is 9.13. The number of anilines is 1. The van der Waals surface area contributed by atoms with E-state index in [4.69, 9.17) is 5.11 Å². The minimum Gasteiger partial charge on any atom is -0.395 e. The van der Waals surface area contributed by atoms with Gasteiger partial charge in [0.05, 0.1) is 6.61 Å². The van der Waals surface area contributed by atoms with Crippen LogP contribution in [0.4, 0.5) is 5.13 Å². The van der Waals surface area contributed by atoms with Crippen LogP contribution in [0.1, 0.15) is 12.7 Å². The maximum Gasteiger partial charge on any atom is 0.205 e. The molecule has 0 bridgehead atoms. The molecule has 0 spiro atoms. The minimum absolute atomic E-state index is 0.120. The van der Waals surface area contributed by atoms with Crippen LogP contribution < -0.4 is 4.90 Å². The van der Waals surface area contributed by atoms with Gasteiger partial charge in [0, 0.05) is 31.0 Å². The lowest BCUT2D eigenvalue weighted by atomic mass is 10.5. The Labute approximate surface area is 88.1 Å². The number of nitrogens with zero attached hydrogens (tertiary/aromatic N) is 3. The Morgan fingerprint density at radius 3 is 2.93 bits per heavy atom. The third kappa shape index (κ3) is 2.78. The molecule has 0 saturated carbocycles. The van der Waals surface area contributed by atoms with Gasteiger partial charge in [-0.05, 0) is 0 Å². The van der Waals surface area contributed by atoms with Gasteiger partial charge in [-0.15, -0.1) is 6.58 Å². The number of aliphatic hydroxyl groups is 1. The minimum atomic E-state index is 0.120. The second-order valence-corrected chi connectivity index (χ2v) is 3.54. The molecule has 0 aromatic carbocycles. The van der Waals surface area contributed by atoms with Crippen LogP contribution in [0.15, 0.2) is 12.7 Å². The number of hydrogen-bond donors (Lipinski definition) is 1. The molecule has 4 nitrogen and oxygen atoms in total. The third-order valence-electron chi connectivity index (χ3n) is 1.76. The highest BCUT2D eigenvalue weighted by atomic mass is 32.1. The van der Waals surface area contributed by atoms with E-state index in [1.165, 1.54) is 11.5 Å². The van der Waals surface area contributed by atoms with Gasteiger partial charge in [0.25, 0.3) is 0 Å². The molecule has 0 atom stereocenters. The molecule has 14 heavy (non-hydrogen) atoms. The summed E-state index contributed by atoms with van der Waals surface area (Å²) >= 11 is 1.37. The molecule has 0 aliphatic heterocycles. The monoisotopic (exact) mass is 213 g/mol. The Balaban J connectivity index is 2.70. The summed E-state index contributed by atoms with van der Waals surface area (Å²) in [5.74, 6) is 0.858. The van der Waals surface area contributed by atoms with Gasteiger partial charge in [-0.1, -0.05) is 13.0 Å². The number of hydrogen-bond acceptors (Lipinski definition) is 5.